The Morgan fingerprint density at radius 2 is 1.42 bits per heavy atom. The minimum atomic E-state index is -0.833. The Balaban J connectivity index is 1.25. The van der Waals surface area contributed by atoms with E-state index in [1.165, 1.54) is 25.7 Å². The monoisotopic (exact) mass is 436 g/mol. The van der Waals surface area contributed by atoms with Crippen LogP contribution in [0.15, 0.2) is 12.1 Å². The van der Waals surface area contributed by atoms with Gasteiger partial charge in [0, 0.05) is 13.0 Å². The molecule has 5 heteroatoms. The van der Waals surface area contributed by atoms with Crippen LogP contribution in [0.1, 0.15) is 89.5 Å². The van der Waals surface area contributed by atoms with Crippen LogP contribution < -0.4 is 4.74 Å². The van der Waals surface area contributed by atoms with Gasteiger partial charge in [0.2, 0.25) is 5.82 Å². The van der Waals surface area contributed by atoms with Gasteiger partial charge in [0.15, 0.2) is 17.9 Å². The van der Waals surface area contributed by atoms with Gasteiger partial charge >= 0.3 is 0 Å². The highest BCUT2D eigenvalue weighted by Crippen LogP contribution is 2.46. The summed E-state index contributed by atoms with van der Waals surface area (Å²) in [6, 6.07) is 3.32. The summed E-state index contributed by atoms with van der Waals surface area (Å²) in [6.45, 7) is 4.86. The van der Waals surface area contributed by atoms with E-state index < -0.39 is 11.6 Å². The highest BCUT2D eigenvalue weighted by Gasteiger charge is 2.37. The van der Waals surface area contributed by atoms with Crippen molar-refractivity contribution in [1.29, 1.82) is 0 Å². The summed E-state index contributed by atoms with van der Waals surface area (Å²) >= 11 is 0. The standard InChI is InChI=1S/C26H38F2O3/c1-3-29-23-14-13-21(25(27)26(23)28)19-9-5-17(6-10-19)18-7-11-20(12-8-18)22-15-16-24(31-22)30-4-2/h13-14,17-20,22,24H,3-12,15-16H2,1-2H3. The fraction of sp³-hybridized carbons (Fsp3) is 0.769. The second-order valence-corrected chi connectivity index (χ2v) is 9.64. The van der Waals surface area contributed by atoms with Crippen molar-refractivity contribution in [2.45, 2.75) is 96.4 Å². The molecule has 2 saturated carbocycles. The van der Waals surface area contributed by atoms with E-state index in [2.05, 4.69) is 0 Å². The summed E-state index contributed by atoms with van der Waals surface area (Å²) in [5, 5.41) is 0. The van der Waals surface area contributed by atoms with Crippen LogP contribution in [-0.2, 0) is 9.47 Å². The molecule has 0 N–H and O–H groups in total. The summed E-state index contributed by atoms with van der Waals surface area (Å²) in [5.74, 6) is 0.793. The highest BCUT2D eigenvalue weighted by atomic mass is 19.2. The van der Waals surface area contributed by atoms with Crippen molar-refractivity contribution in [3.05, 3.63) is 29.3 Å². The first-order valence-electron chi connectivity index (χ1n) is 12.5. The summed E-state index contributed by atoms with van der Waals surface area (Å²) in [6.07, 6.45) is 11.8. The van der Waals surface area contributed by atoms with Gasteiger partial charge in [0.1, 0.15) is 0 Å². The van der Waals surface area contributed by atoms with Crippen LogP contribution in [0.3, 0.4) is 0 Å². The smallest absolute Gasteiger partial charge is 0.200 e. The van der Waals surface area contributed by atoms with E-state index in [0.717, 1.165) is 57.0 Å². The van der Waals surface area contributed by atoms with Crippen molar-refractivity contribution in [2.75, 3.05) is 13.2 Å². The Morgan fingerprint density at radius 1 is 0.774 bits per heavy atom. The van der Waals surface area contributed by atoms with Crippen LogP contribution in [0.2, 0.25) is 0 Å². The van der Waals surface area contributed by atoms with Crippen LogP contribution in [0.5, 0.6) is 5.75 Å². The summed E-state index contributed by atoms with van der Waals surface area (Å²) in [7, 11) is 0. The van der Waals surface area contributed by atoms with Gasteiger partial charge in [0.25, 0.3) is 0 Å². The molecule has 1 saturated heterocycles. The molecule has 0 radical (unpaired) electrons. The Kier molecular flexibility index (Phi) is 7.86. The minimum absolute atomic E-state index is 0.0100. The molecule has 1 aliphatic heterocycles. The lowest BCUT2D eigenvalue weighted by Crippen LogP contribution is -2.30. The number of hydrogen-bond acceptors (Lipinski definition) is 3. The predicted octanol–water partition coefficient (Wildman–Crippen LogP) is 6.99. The summed E-state index contributed by atoms with van der Waals surface area (Å²) in [4.78, 5) is 0. The number of hydrogen-bond donors (Lipinski definition) is 0. The Morgan fingerprint density at radius 3 is 2.06 bits per heavy atom. The molecule has 1 aromatic rings. The molecular formula is C26H38F2O3. The molecule has 2 aliphatic carbocycles. The number of rotatable bonds is 7. The molecule has 3 nitrogen and oxygen atoms in total. The molecule has 0 spiro atoms. The number of ether oxygens (including phenoxy) is 3. The van der Waals surface area contributed by atoms with Gasteiger partial charge in [0.05, 0.1) is 12.7 Å². The topological polar surface area (TPSA) is 27.7 Å². The highest BCUT2D eigenvalue weighted by molar-refractivity contribution is 5.33. The summed E-state index contributed by atoms with van der Waals surface area (Å²) in [5.41, 5.74) is 0.533. The van der Waals surface area contributed by atoms with Crippen molar-refractivity contribution >= 4 is 0 Å². The first-order valence-corrected chi connectivity index (χ1v) is 12.5. The molecule has 0 amide bonds. The minimum Gasteiger partial charge on any atom is -0.491 e. The van der Waals surface area contributed by atoms with Crippen molar-refractivity contribution in [3.8, 4) is 5.75 Å². The third-order valence-electron chi connectivity index (χ3n) is 7.96. The van der Waals surface area contributed by atoms with Gasteiger partial charge < -0.3 is 14.2 Å². The maximum Gasteiger partial charge on any atom is 0.200 e. The third-order valence-corrected chi connectivity index (χ3v) is 7.96. The second kappa shape index (κ2) is 10.6. The fourth-order valence-electron chi connectivity index (χ4n) is 6.31. The van der Waals surface area contributed by atoms with Gasteiger partial charge in [-0.25, -0.2) is 4.39 Å². The maximum absolute atomic E-state index is 14.6. The Hall–Kier alpha value is -1.20. The van der Waals surface area contributed by atoms with E-state index in [0.29, 0.717) is 24.2 Å². The average Bonchev–Trinajstić information content (AvgIpc) is 3.26. The van der Waals surface area contributed by atoms with Gasteiger partial charge in [-0.2, -0.15) is 4.39 Å². The van der Waals surface area contributed by atoms with Crippen LogP contribution in [0, 0.1) is 29.4 Å². The molecule has 1 heterocycles. The fourth-order valence-corrected chi connectivity index (χ4v) is 6.31. The zero-order chi connectivity index (χ0) is 21.8. The van der Waals surface area contributed by atoms with E-state index in [9.17, 15) is 8.78 Å². The molecule has 2 atom stereocenters. The van der Waals surface area contributed by atoms with E-state index in [4.69, 9.17) is 14.2 Å². The zero-order valence-corrected chi connectivity index (χ0v) is 19.1. The van der Waals surface area contributed by atoms with Gasteiger partial charge in [-0.05, 0) is 107 Å². The Bertz CT molecular complexity index is 709. The van der Waals surface area contributed by atoms with E-state index in [1.54, 1.807) is 19.1 Å². The van der Waals surface area contributed by atoms with E-state index in [-0.39, 0.29) is 18.0 Å². The molecule has 174 valence electrons. The van der Waals surface area contributed by atoms with Crippen molar-refractivity contribution in [1.82, 2.24) is 0 Å². The molecule has 3 fully saturated rings. The molecule has 0 bridgehead atoms. The van der Waals surface area contributed by atoms with Crippen LogP contribution in [-0.4, -0.2) is 25.6 Å². The third kappa shape index (κ3) is 5.24. The molecule has 3 aliphatic rings. The number of halogens is 2. The second-order valence-electron chi connectivity index (χ2n) is 9.64. The number of benzene rings is 1. The van der Waals surface area contributed by atoms with E-state index >= 15 is 0 Å². The molecular weight excluding hydrogens is 398 g/mol. The van der Waals surface area contributed by atoms with Crippen LogP contribution in [0.25, 0.3) is 0 Å². The first-order chi connectivity index (χ1) is 15.1. The zero-order valence-electron chi connectivity index (χ0n) is 19.1. The van der Waals surface area contributed by atoms with Gasteiger partial charge in [-0.3, -0.25) is 0 Å². The van der Waals surface area contributed by atoms with Gasteiger partial charge in [-0.15, -0.1) is 0 Å². The summed E-state index contributed by atoms with van der Waals surface area (Å²) < 4.78 is 45.9. The lowest BCUT2D eigenvalue weighted by molar-refractivity contribution is -0.143. The lowest BCUT2D eigenvalue weighted by atomic mass is 9.67. The van der Waals surface area contributed by atoms with E-state index in [1.807, 2.05) is 6.92 Å². The predicted molar refractivity (Wildman–Crippen MR) is 117 cm³/mol. The van der Waals surface area contributed by atoms with Crippen molar-refractivity contribution < 1.29 is 23.0 Å². The van der Waals surface area contributed by atoms with Crippen molar-refractivity contribution in [3.63, 3.8) is 0 Å². The normalized spacial score (nSPS) is 34.1. The molecule has 1 aromatic carbocycles. The molecule has 31 heavy (non-hydrogen) atoms. The quantitative estimate of drug-likeness (QED) is 0.461. The SMILES string of the molecule is CCOc1ccc(C2CCC(C3CCC(C4CCC(OCC)O4)CC3)CC2)c(F)c1F. The lowest BCUT2D eigenvalue weighted by Gasteiger charge is -2.39. The Labute approximate surface area is 185 Å². The molecule has 4 rings (SSSR count). The largest absolute Gasteiger partial charge is 0.491 e. The van der Waals surface area contributed by atoms with Gasteiger partial charge in [-0.1, -0.05) is 6.07 Å². The first kappa shape index (κ1) is 23.0. The molecule has 2 unspecified atom stereocenters. The van der Waals surface area contributed by atoms with Crippen LogP contribution >= 0.6 is 0 Å². The van der Waals surface area contributed by atoms with Crippen LogP contribution in [0.4, 0.5) is 8.78 Å². The molecule has 0 aromatic heterocycles. The average molecular weight is 437 g/mol. The maximum atomic E-state index is 14.6. The van der Waals surface area contributed by atoms with Crippen molar-refractivity contribution in [2.24, 2.45) is 17.8 Å².